The molecule has 0 unspecified atom stereocenters. The molecule has 88 valence electrons. The number of nitrogens with one attached hydrogen (secondary N) is 1. The van der Waals surface area contributed by atoms with Crippen LogP contribution in [0.2, 0.25) is 5.15 Å². The monoisotopic (exact) mass is 243 g/mol. The molecule has 0 spiro atoms. The highest BCUT2D eigenvalue weighted by Crippen LogP contribution is 2.16. The Kier molecular flexibility index (Phi) is 5.14. The van der Waals surface area contributed by atoms with Crippen LogP contribution in [0.1, 0.15) is 24.2 Å². The van der Waals surface area contributed by atoms with Crippen molar-refractivity contribution in [3.63, 3.8) is 0 Å². The van der Waals surface area contributed by atoms with Crippen molar-refractivity contribution in [2.45, 2.75) is 20.0 Å². The largest absolute Gasteiger partial charge is 0.377 e. The molecule has 1 N–H and O–H groups in total. The van der Waals surface area contributed by atoms with Crippen LogP contribution < -0.4 is 5.32 Å². The number of aldehydes is 1. The predicted octanol–water partition coefficient (Wildman–Crippen LogP) is 1.78. The second-order valence-corrected chi connectivity index (χ2v) is 3.75. The number of hydrogen-bond donors (Lipinski definition) is 1. The summed E-state index contributed by atoms with van der Waals surface area (Å²) in [7, 11) is 0. The maximum Gasteiger partial charge on any atom is 0.156 e. The average molecular weight is 244 g/mol. The molecule has 0 aliphatic heterocycles. The van der Waals surface area contributed by atoms with Crippen molar-refractivity contribution >= 4 is 23.7 Å². The van der Waals surface area contributed by atoms with Crippen LogP contribution in [-0.4, -0.2) is 35.5 Å². The van der Waals surface area contributed by atoms with Gasteiger partial charge in [-0.2, -0.15) is 0 Å². The topological polar surface area (TPSA) is 64.1 Å². The van der Waals surface area contributed by atoms with Crippen molar-refractivity contribution in [1.82, 2.24) is 9.97 Å². The van der Waals surface area contributed by atoms with E-state index in [9.17, 15) is 4.79 Å². The molecule has 1 aromatic rings. The highest BCUT2D eigenvalue weighted by Gasteiger charge is 2.07. The van der Waals surface area contributed by atoms with Gasteiger partial charge >= 0.3 is 0 Å². The van der Waals surface area contributed by atoms with Crippen LogP contribution in [0.4, 0.5) is 5.82 Å². The maximum atomic E-state index is 10.8. The van der Waals surface area contributed by atoms with Crippen LogP contribution in [0.15, 0.2) is 6.33 Å². The maximum absolute atomic E-state index is 10.8. The molecule has 0 radical (unpaired) electrons. The van der Waals surface area contributed by atoms with Crippen molar-refractivity contribution in [3.05, 3.63) is 17.0 Å². The summed E-state index contributed by atoms with van der Waals surface area (Å²) < 4.78 is 5.34. The summed E-state index contributed by atoms with van der Waals surface area (Å²) in [4.78, 5) is 18.4. The van der Waals surface area contributed by atoms with Gasteiger partial charge in [-0.05, 0) is 13.8 Å². The minimum Gasteiger partial charge on any atom is -0.377 e. The molecule has 6 heteroatoms. The lowest BCUT2D eigenvalue weighted by molar-refractivity contribution is 0.0870. The summed E-state index contributed by atoms with van der Waals surface area (Å²) in [5.41, 5.74) is 0.272. The number of anilines is 1. The van der Waals surface area contributed by atoms with Gasteiger partial charge in [0.15, 0.2) is 6.29 Å². The summed E-state index contributed by atoms with van der Waals surface area (Å²) in [5.74, 6) is 0.433. The van der Waals surface area contributed by atoms with Gasteiger partial charge in [0.2, 0.25) is 0 Å². The van der Waals surface area contributed by atoms with Crippen LogP contribution in [0.5, 0.6) is 0 Å². The number of ether oxygens (including phenoxy) is 1. The van der Waals surface area contributed by atoms with Gasteiger partial charge in [-0.3, -0.25) is 4.79 Å². The third-order valence-electron chi connectivity index (χ3n) is 1.80. The van der Waals surface area contributed by atoms with E-state index in [0.29, 0.717) is 25.3 Å². The Morgan fingerprint density at radius 2 is 2.31 bits per heavy atom. The van der Waals surface area contributed by atoms with Crippen molar-refractivity contribution in [1.29, 1.82) is 0 Å². The van der Waals surface area contributed by atoms with Crippen LogP contribution in [0.25, 0.3) is 0 Å². The summed E-state index contributed by atoms with van der Waals surface area (Å²) in [6.07, 6.45) is 2.12. The molecule has 16 heavy (non-hydrogen) atoms. The Balaban J connectivity index is 2.53. The summed E-state index contributed by atoms with van der Waals surface area (Å²) >= 11 is 5.74. The highest BCUT2D eigenvalue weighted by atomic mass is 35.5. The molecule has 0 fully saturated rings. The molecule has 0 saturated heterocycles. The van der Waals surface area contributed by atoms with Gasteiger partial charge in [-0.25, -0.2) is 9.97 Å². The van der Waals surface area contributed by atoms with Gasteiger partial charge in [-0.15, -0.1) is 0 Å². The third-order valence-corrected chi connectivity index (χ3v) is 2.10. The van der Waals surface area contributed by atoms with E-state index in [1.807, 2.05) is 13.8 Å². The second-order valence-electron chi connectivity index (χ2n) is 3.39. The zero-order chi connectivity index (χ0) is 12.0. The molecular weight excluding hydrogens is 230 g/mol. The van der Waals surface area contributed by atoms with E-state index in [4.69, 9.17) is 16.3 Å². The van der Waals surface area contributed by atoms with Gasteiger partial charge in [0, 0.05) is 6.54 Å². The first-order valence-electron chi connectivity index (χ1n) is 4.96. The van der Waals surface area contributed by atoms with E-state index in [1.165, 1.54) is 6.33 Å². The second kappa shape index (κ2) is 6.40. The van der Waals surface area contributed by atoms with Gasteiger partial charge in [-0.1, -0.05) is 11.6 Å². The average Bonchev–Trinajstić information content (AvgIpc) is 2.24. The van der Waals surface area contributed by atoms with Crippen molar-refractivity contribution in [2.24, 2.45) is 0 Å². The standard InChI is InChI=1S/C10H14ClN3O2/c1-7(2)16-4-3-12-10-8(5-15)9(11)13-6-14-10/h5-7H,3-4H2,1-2H3,(H,12,13,14). The number of nitrogens with zero attached hydrogens (tertiary/aromatic N) is 2. The van der Waals surface area contributed by atoms with E-state index in [0.717, 1.165) is 0 Å². The zero-order valence-corrected chi connectivity index (χ0v) is 9.99. The van der Waals surface area contributed by atoms with Gasteiger partial charge < -0.3 is 10.1 Å². The Morgan fingerprint density at radius 3 is 2.94 bits per heavy atom. The minimum absolute atomic E-state index is 0.150. The van der Waals surface area contributed by atoms with Crippen LogP contribution in [0.3, 0.4) is 0 Å². The number of halogens is 1. The predicted molar refractivity (Wildman–Crippen MR) is 62.0 cm³/mol. The lowest BCUT2D eigenvalue weighted by Crippen LogP contribution is -2.15. The fraction of sp³-hybridized carbons (Fsp3) is 0.500. The number of rotatable bonds is 6. The van der Waals surface area contributed by atoms with E-state index in [2.05, 4.69) is 15.3 Å². The van der Waals surface area contributed by atoms with Crippen LogP contribution in [-0.2, 0) is 4.74 Å². The molecule has 1 rings (SSSR count). The summed E-state index contributed by atoms with van der Waals surface area (Å²) in [6, 6.07) is 0. The molecule has 5 nitrogen and oxygen atoms in total. The first kappa shape index (κ1) is 12.9. The number of hydrogen-bond acceptors (Lipinski definition) is 5. The van der Waals surface area contributed by atoms with Crippen molar-refractivity contribution in [2.75, 3.05) is 18.5 Å². The Hall–Kier alpha value is -1.20. The quantitative estimate of drug-likeness (QED) is 0.469. The molecule has 0 saturated carbocycles. The molecule has 0 aliphatic carbocycles. The van der Waals surface area contributed by atoms with Gasteiger partial charge in [0.1, 0.15) is 17.3 Å². The number of carbonyl (C=O) groups excluding carboxylic acids is 1. The van der Waals surface area contributed by atoms with Crippen molar-refractivity contribution in [3.8, 4) is 0 Å². The first-order valence-corrected chi connectivity index (χ1v) is 5.34. The molecule has 0 amide bonds. The summed E-state index contributed by atoms with van der Waals surface area (Å²) in [5, 5.41) is 3.12. The molecule has 0 aromatic carbocycles. The Bertz CT molecular complexity index is 358. The molecule has 0 atom stereocenters. The normalized spacial score (nSPS) is 10.5. The number of aromatic nitrogens is 2. The Morgan fingerprint density at radius 1 is 1.56 bits per heavy atom. The van der Waals surface area contributed by atoms with E-state index >= 15 is 0 Å². The fourth-order valence-corrected chi connectivity index (χ4v) is 1.26. The lowest BCUT2D eigenvalue weighted by atomic mass is 10.3. The summed E-state index contributed by atoms with van der Waals surface area (Å²) in [6.45, 7) is 5.01. The molecule has 0 aliphatic rings. The first-order chi connectivity index (χ1) is 7.65. The minimum atomic E-state index is 0.150. The van der Waals surface area contributed by atoms with Gasteiger partial charge in [0.05, 0.1) is 18.3 Å². The lowest BCUT2D eigenvalue weighted by Gasteiger charge is -2.10. The SMILES string of the molecule is CC(C)OCCNc1ncnc(Cl)c1C=O. The van der Waals surface area contributed by atoms with Crippen LogP contribution in [0, 0.1) is 0 Å². The number of carbonyl (C=O) groups is 1. The fourth-order valence-electron chi connectivity index (χ4n) is 1.08. The Labute approximate surface area is 99.2 Å². The van der Waals surface area contributed by atoms with E-state index in [-0.39, 0.29) is 16.8 Å². The molecule has 1 aromatic heterocycles. The van der Waals surface area contributed by atoms with Gasteiger partial charge in [0.25, 0.3) is 0 Å². The molecular formula is C10H14ClN3O2. The van der Waals surface area contributed by atoms with Crippen LogP contribution >= 0.6 is 11.6 Å². The van der Waals surface area contributed by atoms with Crippen molar-refractivity contribution < 1.29 is 9.53 Å². The molecule has 0 bridgehead atoms. The molecule has 1 heterocycles. The highest BCUT2D eigenvalue weighted by molar-refractivity contribution is 6.32. The van der Waals surface area contributed by atoms with E-state index < -0.39 is 0 Å². The van der Waals surface area contributed by atoms with E-state index in [1.54, 1.807) is 0 Å². The smallest absolute Gasteiger partial charge is 0.156 e. The zero-order valence-electron chi connectivity index (χ0n) is 9.24. The third kappa shape index (κ3) is 3.75.